The number of hydrogen-bond acceptors (Lipinski definition) is 3. The Morgan fingerprint density at radius 3 is 3.00 bits per heavy atom. The van der Waals surface area contributed by atoms with Crippen LogP contribution in [0.2, 0.25) is 0 Å². The number of thioether (sulfide) groups is 1. The fourth-order valence-corrected chi connectivity index (χ4v) is 2.88. The van der Waals surface area contributed by atoms with Crippen LogP contribution in [0.5, 0.6) is 0 Å². The molecule has 6 heteroatoms. The maximum atomic E-state index is 11.8. The molecule has 0 saturated carbocycles. The van der Waals surface area contributed by atoms with Gasteiger partial charge in [0.2, 0.25) is 0 Å². The number of aromatic amines is 1. The van der Waals surface area contributed by atoms with Crippen LogP contribution in [0.3, 0.4) is 0 Å². The molecule has 0 atom stereocenters. The Morgan fingerprint density at radius 2 is 2.33 bits per heavy atom. The van der Waals surface area contributed by atoms with Crippen LogP contribution >= 0.6 is 11.8 Å². The summed E-state index contributed by atoms with van der Waals surface area (Å²) in [6, 6.07) is 0.0826. The number of H-pyrrole nitrogens is 1. The van der Waals surface area contributed by atoms with Gasteiger partial charge in [0.05, 0.1) is 6.20 Å². The number of aryl methyl sites for hydroxylation is 2. The second-order valence-electron chi connectivity index (χ2n) is 4.46. The van der Waals surface area contributed by atoms with Crippen molar-refractivity contribution in [3.63, 3.8) is 0 Å². The van der Waals surface area contributed by atoms with Gasteiger partial charge in [-0.1, -0.05) is 0 Å². The molecule has 0 spiro atoms. The molecule has 1 aliphatic heterocycles. The summed E-state index contributed by atoms with van der Waals surface area (Å²) in [5.41, 5.74) is 2.35. The van der Waals surface area contributed by atoms with E-state index in [9.17, 15) is 4.79 Å². The van der Waals surface area contributed by atoms with Crippen LogP contribution < -0.4 is 5.32 Å². The third kappa shape index (κ3) is 3.66. The van der Waals surface area contributed by atoms with E-state index in [4.69, 9.17) is 0 Å². The van der Waals surface area contributed by atoms with Crippen molar-refractivity contribution in [3.8, 4) is 0 Å². The van der Waals surface area contributed by atoms with Crippen LogP contribution in [0.4, 0.5) is 4.79 Å². The molecule has 2 amide bonds. The summed E-state index contributed by atoms with van der Waals surface area (Å²) in [4.78, 5) is 13.7. The van der Waals surface area contributed by atoms with Crippen LogP contribution in [-0.2, 0) is 6.42 Å². The van der Waals surface area contributed by atoms with E-state index in [-0.39, 0.29) is 6.03 Å². The van der Waals surface area contributed by atoms with Crippen LogP contribution in [0, 0.1) is 6.92 Å². The van der Waals surface area contributed by atoms with Crippen molar-refractivity contribution in [1.82, 2.24) is 20.4 Å². The van der Waals surface area contributed by atoms with Crippen molar-refractivity contribution >= 4 is 17.8 Å². The molecule has 1 aromatic heterocycles. The summed E-state index contributed by atoms with van der Waals surface area (Å²) in [6.45, 7) is 4.49. The second kappa shape index (κ2) is 6.68. The number of hydrogen-bond donors (Lipinski definition) is 2. The number of rotatable bonds is 4. The molecule has 5 nitrogen and oxygen atoms in total. The molecule has 0 radical (unpaired) electrons. The van der Waals surface area contributed by atoms with Gasteiger partial charge in [-0.2, -0.15) is 16.9 Å². The lowest BCUT2D eigenvalue weighted by atomic mass is 10.1. The lowest BCUT2D eigenvalue weighted by Crippen LogP contribution is -2.44. The number of nitrogens with zero attached hydrogens (tertiary/aromatic N) is 2. The monoisotopic (exact) mass is 268 g/mol. The number of aromatic nitrogens is 2. The molecule has 0 aromatic carbocycles. The molecule has 0 aliphatic carbocycles. The second-order valence-corrected chi connectivity index (χ2v) is 5.68. The fraction of sp³-hybridized carbons (Fsp3) is 0.667. The summed E-state index contributed by atoms with van der Waals surface area (Å²) < 4.78 is 0. The van der Waals surface area contributed by atoms with Crippen molar-refractivity contribution in [2.75, 3.05) is 31.1 Å². The molecule has 0 bridgehead atoms. The third-order valence-electron chi connectivity index (χ3n) is 3.13. The Bertz CT molecular complexity index is 387. The average molecular weight is 268 g/mol. The van der Waals surface area contributed by atoms with E-state index in [1.54, 1.807) is 0 Å². The lowest BCUT2D eigenvalue weighted by molar-refractivity contribution is 0.203. The smallest absolute Gasteiger partial charge is 0.317 e. The first kappa shape index (κ1) is 13.3. The van der Waals surface area contributed by atoms with Crippen molar-refractivity contribution in [1.29, 1.82) is 0 Å². The van der Waals surface area contributed by atoms with E-state index in [0.717, 1.165) is 49.7 Å². The molecule has 2 N–H and O–H groups in total. The number of carbonyl (C=O) groups excluding carboxylic acids is 1. The van der Waals surface area contributed by atoms with Gasteiger partial charge in [0.25, 0.3) is 0 Å². The summed E-state index contributed by atoms with van der Waals surface area (Å²) in [7, 11) is 0. The quantitative estimate of drug-likeness (QED) is 0.812. The Balaban J connectivity index is 1.63. The molecule has 18 heavy (non-hydrogen) atoms. The van der Waals surface area contributed by atoms with Gasteiger partial charge in [-0.15, -0.1) is 0 Å². The van der Waals surface area contributed by atoms with E-state index in [1.807, 2.05) is 29.8 Å². The molecule has 1 saturated heterocycles. The van der Waals surface area contributed by atoms with E-state index in [0.29, 0.717) is 0 Å². The third-order valence-corrected chi connectivity index (χ3v) is 4.07. The van der Waals surface area contributed by atoms with E-state index >= 15 is 0 Å². The summed E-state index contributed by atoms with van der Waals surface area (Å²) >= 11 is 1.91. The Morgan fingerprint density at radius 1 is 1.56 bits per heavy atom. The Labute approximate surface area is 112 Å². The Kier molecular flexibility index (Phi) is 4.92. The van der Waals surface area contributed by atoms with Gasteiger partial charge < -0.3 is 10.2 Å². The maximum absolute atomic E-state index is 11.8. The highest BCUT2D eigenvalue weighted by Gasteiger charge is 2.15. The summed E-state index contributed by atoms with van der Waals surface area (Å²) in [5, 5.41) is 9.89. The average Bonchev–Trinajstić information content (AvgIpc) is 2.81. The van der Waals surface area contributed by atoms with Crippen molar-refractivity contribution in [2.45, 2.75) is 19.8 Å². The van der Waals surface area contributed by atoms with Crippen molar-refractivity contribution in [2.24, 2.45) is 0 Å². The van der Waals surface area contributed by atoms with Gasteiger partial charge in [-0.25, -0.2) is 4.79 Å². The van der Waals surface area contributed by atoms with Crippen LogP contribution in [0.1, 0.15) is 17.7 Å². The lowest BCUT2D eigenvalue weighted by Gasteiger charge is -2.26. The summed E-state index contributed by atoms with van der Waals surface area (Å²) in [6.07, 6.45) is 3.77. The molecule has 1 aromatic rings. The van der Waals surface area contributed by atoms with Crippen LogP contribution in [-0.4, -0.2) is 52.3 Å². The first-order chi connectivity index (χ1) is 8.77. The standard InChI is InChI=1S/C12H20N4OS/c1-10-11(9-14-15-10)3-2-4-13-12(17)16-5-7-18-8-6-16/h9H,2-8H2,1H3,(H,13,17)(H,14,15). The zero-order valence-electron chi connectivity index (χ0n) is 10.7. The number of nitrogens with one attached hydrogen (secondary N) is 2. The van der Waals surface area contributed by atoms with Gasteiger partial charge in [0.1, 0.15) is 0 Å². The van der Waals surface area contributed by atoms with Gasteiger partial charge >= 0.3 is 6.03 Å². The minimum absolute atomic E-state index is 0.0826. The zero-order chi connectivity index (χ0) is 12.8. The van der Waals surface area contributed by atoms with Crippen LogP contribution in [0.15, 0.2) is 6.20 Å². The molecule has 0 unspecified atom stereocenters. The highest BCUT2D eigenvalue weighted by molar-refractivity contribution is 7.99. The first-order valence-electron chi connectivity index (χ1n) is 6.37. The normalized spacial score (nSPS) is 15.7. The highest BCUT2D eigenvalue weighted by atomic mass is 32.2. The molecular weight excluding hydrogens is 248 g/mol. The molecular formula is C12H20N4OS. The molecule has 2 rings (SSSR count). The molecule has 2 heterocycles. The van der Waals surface area contributed by atoms with Gasteiger partial charge in [0, 0.05) is 36.8 Å². The van der Waals surface area contributed by atoms with Gasteiger partial charge in [0.15, 0.2) is 0 Å². The molecule has 1 aliphatic rings. The molecule has 1 fully saturated rings. The van der Waals surface area contributed by atoms with E-state index in [2.05, 4.69) is 15.5 Å². The first-order valence-corrected chi connectivity index (χ1v) is 7.52. The SMILES string of the molecule is Cc1[nH]ncc1CCCNC(=O)N1CCSCC1. The van der Waals surface area contributed by atoms with Crippen LogP contribution in [0.25, 0.3) is 0 Å². The minimum atomic E-state index is 0.0826. The fourth-order valence-electron chi connectivity index (χ4n) is 1.98. The molecule has 100 valence electrons. The predicted molar refractivity (Wildman–Crippen MR) is 73.9 cm³/mol. The highest BCUT2D eigenvalue weighted by Crippen LogP contribution is 2.09. The summed E-state index contributed by atoms with van der Waals surface area (Å²) in [5.74, 6) is 2.11. The Hall–Kier alpha value is -1.17. The predicted octanol–water partition coefficient (Wildman–Crippen LogP) is 1.41. The van der Waals surface area contributed by atoms with Gasteiger partial charge in [-0.3, -0.25) is 5.10 Å². The number of carbonyl (C=O) groups is 1. The van der Waals surface area contributed by atoms with Crippen molar-refractivity contribution in [3.05, 3.63) is 17.5 Å². The topological polar surface area (TPSA) is 61.0 Å². The minimum Gasteiger partial charge on any atom is -0.338 e. The number of amides is 2. The van der Waals surface area contributed by atoms with E-state index in [1.165, 1.54) is 5.56 Å². The van der Waals surface area contributed by atoms with Crippen molar-refractivity contribution < 1.29 is 4.79 Å². The van der Waals surface area contributed by atoms with Gasteiger partial charge in [-0.05, 0) is 25.3 Å². The zero-order valence-corrected chi connectivity index (χ0v) is 11.6. The van der Waals surface area contributed by atoms with E-state index < -0.39 is 0 Å². The maximum Gasteiger partial charge on any atom is 0.317 e. The largest absolute Gasteiger partial charge is 0.338 e. The number of urea groups is 1.